The van der Waals surface area contributed by atoms with Crippen LogP contribution in [0.1, 0.15) is 10.4 Å². The monoisotopic (exact) mass is 379 g/mol. The molecule has 0 fully saturated rings. The quantitative estimate of drug-likeness (QED) is 0.753. The summed E-state index contributed by atoms with van der Waals surface area (Å²) >= 11 is 14.6. The Hall–Kier alpha value is -1.17. The van der Waals surface area contributed by atoms with E-state index < -0.39 is 17.5 Å². The number of hydrogen-bond acceptors (Lipinski definition) is 1. The zero-order valence-corrected chi connectivity index (χ0v) is 12.8. The molecular weight excluding hydrogens is 375 g/mol. The fourth-order valence-electron chi connectivity index (χ4n) is 1.51. The number of rotatable bonds is 2. The first-order valence-corrected chi connectivity index (χ1v) is 6.84. The van der Waals surface area contributed by atoms with Crippen molar-refractivity contribution in [2.45, 2.75) is 0 Å². The maximum atomic E-state index is 13.6. The third-order valence-corrected chi connectivity index (χ3v) is 3.58. The minimum Gasteiger partial charge on any atom is -0.320 e. The molecule has 2 aromatic rings. The molecule has 0 saturated carbocycles. The van der Waals surface area contributed by atoms with Crippen molar-refractivity contribution >= 4 is 50.7 Å². The maximum Gasteiger partial charge on any atom is 0.258 e. The minimum atomic E-state index is -0.737. The van der Waals surface area contributed by atoms with Crippen molar-refractivity contribution in [2.24, 2.45) is 0 Å². The second kappa shape index (κ2) is 6.08. The molecule has 0 unspecified atom stereocenters. The van der Waals surface area contributed by atoms with E-state index in [4.69, 9.17) is 23.2 Å². The van der Waals surface area contributed by atoms with Crippen molar-refractivity contribution in [3.8, 4) is 0 Å². The van der Waals surface area contributed by atoms with Crippen LogP contribution in [0, 0.1) is 11.6 Å². The highest BCUT2D eigenvalue weighted by Crippen LogP contribution is 2.32. The maximum absolute atomic E-state index is 13.6. The average molecular weight is 381 g/mol. The van der Waals surface area contributed by atoms with Crippen LogP contribution < -0.4 is 5.32 Å². The van der Waals surface area contributed by atoms with Crippen molar-refractivity contribution in [1.82, 2.24) is 0 Å². The van der Waals surface area contributed by atoms with Crippen LogP contribution >= 0.6 is 39.1 Å². The molecule has 104 valence electrons. The zero-order chi connectivity index (χ0) is 14.9. The summed E-state index contributed by atoms with van der Waals surface area (Å²) in [5.74, 6) is -2.02. The van der Waals surface area contributed by atoms with Gasteiger partial charge in [-0.3, -0.25) is 4.79 Å². The summed E-state index contributed by atoms with van der Waals surface area (Å²) in [6.45, 7) is 0. The SMILES string of the molecule is O=C(Nc1c(Cl)cc(F)cc1Br)c1cc(Cl)ccc1F. The van der Waals surface area contributed by atoms with Crippen LogP contribution in [-0.4, -0.2) is 5.91 Å². The van der Waals surface area contributed by atoms with Crippen molar-refractivity contribution in [2.75, 3.05) is 5.32 Å². The lowest BCUT2D eigenvalue weighted by molar-refractivity contribution is 0.102. The number of halogens is 5. The Bertz CT molecular complexity index is 671. The summed E-state index contributed by atoms with van der Waals surface area (Å²) in [7, 11) is 0. The van der Waals surface area contributed by atoms with E-state index in [1.807, 2.05) is 0 Å². The molecule has 0 saturated heterocycles. The van der Waals surface area contributed by atoms with Gasteiger partial charge in [0.1, 0.15) is 11.6 Å². The lowest BCUT2D eigenvalue weighted by Gasteiger charge is -2.10. The summed E-state index contributed by atoms with van der Waals surface area (Å²) in [5.41, 5.74) is -0.0813. The van der Waals surface area contributed by atoms with E-state index in [0.29, 0.717) is 0 Å². The number of hydrogen-bond donors (Lipinski definition) is 1. The molecule has 0 bridgehead atoms. The average Bonchev–Trinajstić information content (AvgIpc) is 2.36. The topological polar surface area (TPSA) is 29.1 Å². The Labute approximate surface area is 131 Å². The van der Waals surface area contributed by atoms with Gasteiger partial charge in [-0.05, 0) is 46.3 Å². The van der Waals surface area contributed by atoms with E-state index in [1.165, 1.54) is 12.1 Å². The van der Waals surface area contributed by atoms with Crippen LogP contribution in [0.4, 0.5) is 14.5 Å². The van der Waals surface area contributed by atoms with Gasteiger partial charge in [0.25, 0.3) is 5.91 Å². The largest absolute Gasteiger partial charge is 0.320 e. The van der Waals surface area contributed by atoms with Crippen molar-refractivity contribution in [1.29, 1.82) is 0 Å². The van der Waals surface area contributed by atoms with Gasteiger partial charge in [-0.25, -0.2) is 8.78 Å². The summed E-state index contributed by atoms with van der Waals surface area (Å²) in [6.07, 6.45) is 0. The van der Waals surface area contributed by atoms with E-state index in [2.05, 4.69) is 21.2 Å². The Balaban J connectivity index is 2.35. The van der Waals surface area contributed by atoms with Gasteiger partial charge < -0.3 is 5.32 Å². The first kappa shape index (κ1) is 15.2. The Morgan fingerprint density at radius 3 is 2.50 bits per heavy atom. The molecule has 0 heterocycles. The molecule has 1 amide bonds. The predicted octanol–water partition coefficient (Wildman–Crippen LogP) is 5.29. The summed E-state index contributed by atoms with van der Waals surface area (Å²) in [5, 5.41) is 2.62. The molecule has 0 atom stereocenters. The Morgan fingerprint density at radius 1 is 1.15 bits per heavy atom. The van der Waals surface area contributed by atoms with Gasteiger partial charge in [-0.2, -0.15) is 0 Å². The molecule has 20 heavy (non-hydrogen) atoms. The summed E-state index contributed by atoms with van der Waals surface area (Å²) in [4.78, 5) is 12.0. The number of carbonyl (C=O) groups excluding carboxylic acids is 1. The van der Waals surface area contributed by atoms with Crippen molar-refractivity contribution in [3.05, 3.63) is 62.0 Å². The molecule has 2 aromatic carbocycles. The third-order valence-electron chi connectivity index (χ3n) is 2.42. The predicted molar refractivity (Wildman–Crippen MR) is 78.5 cm³/mol. The van der Waals surface area contributed by atoms with Crippen molar-refractivity contribution in [3.63, 3.8) is 0 Å². The molecule has 0 aliphatic carbocycles. The highest BCUT2D eigenvalue weighted by atomic mass is 79.9. The van der Waals surface area contributed by atoms with Gasteiger partial charge in [0.2, 0.25) is 0 Å². The number of benzene rings is 2. The number of anilines is 1. The third kappa shape index (κ3) is 3.29. The second-order valence-electron chi connectivity index (χ2n) is 3.82. The fourth-order valence-corrected chi connectivity index (χ4v) is 2.58. The van der Waals surface area contributed by atoms with E-state index in [1.54, 1.807) is 0 Å². The van der Waals surface area contributed by atoms with Gasteiger partial charge in [-0.15, -0.1) is 0 Å². The zero-order valence-electron chi connectivity index (χ0n) is 9.68. The summed E-state index contributed by atoms with van der Waals surface area (Å²) in [6, 6.07) is 5.77. The first-order valence-electron chi connectivity index (χ1n) is 5.29. The molecule has 0 radical (unpaired) electrons. The Morgan fingerprint density at radius 2 is 1.85 bits per heavy atom. The lowest BCUT2D eigenvalue weighted by Crippen LogP contribution is -2.14. The molecule has 0 aliphatic heterocycles. The normalized spacial score (nSPS) is 10.4. The van der Waals surface area contributed by atoms with Gasteiger partial charge in [-0.1, -0.05) is 23.2 Å². The van der Waals surface area contributed by atoms with Gasteiger partial charge in [0.05, 0.1) is 16.3 Å². The first-order chi connectivity index (χ1) is 9.38. The molecule has 0 aliphatic rings. The molecule has 2 rings (SSSR count). The number of nitrogens with one attached hydrogen (secondary N) is 1. The van der Waals surface area contributed by atoms with Gasteiger partial charge in [0, 0.05) is 9.50 Å². The Kier molecular flexibility index (Phi) is 4.62. The molecule has 0 spiro atoms. The molecule has 7 heteroatoms. The second-order valence-corrected chi connectivity index (χ2v) is 5.52. The number of amides is 1. The van der Waals surface area contributed by atoms with Crippen LogP contribution in [0.5, 0.6) is 0 Å². The van der Waals surface area contributed by atoms with E-state index in [9.17, 15) is 13.6 Å². The fraction of sp³-hybridized carbons (Fsp3) is 0. The summed E-state index contributed by atoms with van der Waals surface area (Å²) < 4.78 is 26.9. The van der Waals surface area contributed by atoms with Crippen LogP contribution in [0.15, 0.2) is 34.8 Å². The van der Waals surface area contributed by atoms with Crippen LogP contribution in [0.3, 0.4) is 0 Å². The smallest absolute Gasteiger partial charge is 0.258 e. The van der Waals surface area contributed by atoms with Gasteiger partial charge >= 0.3 is 0 Å². The highest BCUT2D eigenvalue weighted by molar-refractivity contribution is 9.10. The number of carbonyl (C=O) groups is 1. The molecule has 1 N–H and O–H groups in total. The van der Waals surface area contributed by atoms with E-state index in [0.717, 1.165) is 18.2 Å². The minimum absolute atomic E-state index is 0.00680. The molecule has 0 aromatic heterocycles. The molecule has 2 nitrogen and oxygen atoms in total. The van der Waals surface area contributed by atoms with E-state index >= 15 is 0 Å². The van der Waals surface area contributed by atoms with Crippen LogP contribution in [0.2, 0.25) is 10.0 Å². The van der Waals surface area contributed by atoms with Crippen molar-refractivity contribution < 1.29 is 13.6 Å². The molecular formula is C13H6BrCl2F2NO. The van der Waals surface area contributed by atoms with Crippen LogP contribution in [0.25, 0.3) is 0 Å². The van der Waals surface area contributed by atoms with E-state index in [-0.39, 0.29) is 25.8 Å². The van der Waals surface area contributed by atoms with Gasteiger partial charge in [0.15, 0.2) is 0 Å². The van der Waals surface area contributed by atoms with Crippen LogP contribution in [-0.2, 0) is 0 Å². The standard InChI is InChI=1S/C13H6BrCl2F2NO/c14-9-4-7(17)5-10(16)12(9)19-13(20)8-3-6(15)1-2-11(8)18/h1-5H,(H,19,20). The lowest BCUT2D eigenvalue weighted by atomic mass is 10.2. The highest BCUT2D eigenvalue weighted by Gasteiger charge is 2.16.